The molecule has 0 spiro atoms. The van der Waals surface area contributed by atoms with Gasteiger partial charge in [0, 0.05) is 32.6 Å². The minimum Gasteiger partial charge on any atom is -0.469 e. The molecule has 2 amide bonds. The van der Waals surface area contributed by atoms with Gasteiger partial charge >= 0.3 is 0 Å². The predicted octanol–water partition coefficient (Wildman–Crippen LogP) is 2.58. The molecule has 2 aliphatic carbocycles. The van der Waals surface area contributed by atoms with Gasteiger partial charge in [-0.05, 0) is 36.8 Å². The van der Waals surface area contributed by atoms with Crippen molar-refractivity contribution in [3.05, 3.63) is 36.3 Å². The van der Waals surface area contributed by atoms with Crippen LogP contribution in [0.2, 0.25) is 0 Å². The number of nitrogens with zero attached hydrogens (tertiary/aromatic N) is 2. The summed E-state index contributed by atoms with van der Waals surface area (Å²) in [4.78, 5) is 31.6. The van der Waals surface area contributed by atoms with E-state index in [-0.39, 0.29) is 59.5 Å². The second-order valence-electron chi connectivity index (χ2n) is 8.09. The molecule has 1 aromatic rings. The smallest absolute Gasteiger partial charge is 0.233 e. The third-order valence-corrected chi connectivity index (χ3v) is 6.22. The number of fused-ring (bicyclic) bond motifs is 5. The molecule has 164 valence electrons. The van der Waals surface area contributed by atoms with Crippen molar-refractivity contribution in [1.29, 1.82) is 0 Å². The van der Waals surface area contributed by atoms with Crippen LogP contribution < -0.4 is 10.6 Å². The molecule has 3 aliphatic rings. The first-order valence-corrected chi connectivity index (χ1v) is 10.8. The highest BCUT2D eigenvalue weighted by Crippen LogP contribution is 2.52. The fourth-order valence-corrected chi connectivity index (χ4v) is 4.75. The largest absolute Gasteiger partial charge is 0.469 e. The Balaban J connectivity index is 0.00000256. The summed E-state index contributed by atoms with van der Waals surface area (Å²) in [6.45, 7) is 4.46. The number of allylic oxidation sites excluding steroid dienone is 2. The summed E-state index contributed by atoms with van der Waals surface area (Å²) in [5.74, 6) is 1.92. The first-order chi connectivity index (χ1) is 14.2. The zero-order chi connectivity index (χ0) is 20.2. The number of hydrogen-bond donors (Lipinski definition) is 2. The van der Waals surface area contributed by atoms with Crippen molar-refractivity contribution in [2.24, 2.45) is 28.7 Å². The minimum atomic E-state index is -0.124. The molecule has 7 nitrogen and oxygen atoms in total. The second kappa shape index (κ2) is 10.5. The number of amides is 2. The summed E-state index contributed by atoms with van der Waals surface area (Å²) in [6.07, 6.45) is 9.76. The first kappa shape index (κ1) is 22.8. The van der Waals surface area contributed by atoms with Crippen LogP contribution in [0, 0.1) is 23.7 Å². The van der Waals surface area contributed by atoms with Crippen molar-refractivity contribution >= 4 is 41.8 Å². The van der Waals surface area contributed by atoms with Crippen molar-refractivity contribution in [2.45, 2.75) is 32.6 Å². The summed E-state index contributed by atoms with van der Waals surface area (Å²) >= 11 is 0. The summed E-state index contributed by atoms with van der Waals surface area (Å²) < 4.78 is 5.36. The number of hydrogen-bond acceptors (Lipinski definition) is 4. The van der Waals surface area contributed by atoms with Crippen LogP contribution in [0.15, 0.2) is 40.0 Å². The Kier molecular flexibility index (Phi) is 7.96. The third kappa shape index (κ3) is 4.73. The van der Waals surface area contributed by atoms with Crippen molar-refractivity contribution < 1.29 is 14.0 Å². The lowest BCUT2D eigenvalue weighted by Crippen LogP contribution is -2.44. The van der Waals surface area contributed by atoms with E-state index >= 15 is 0 Å². The molecule has 2 N–H and O–H groups in total. The second-order valence-corrected chi connectivity index (χ2v) is 8.09. The maximum atomic E-state index is 12.8. The van der Waals surface area contributed by atoms with Crippen molar-refractivity contribution in [3.8, 4) is 0 Å². The van der Waals surface area contributed by atoms with E-state index in [1.807, 2.05) is 12.1 Å². The lowest BCUT2D eigenvalue weighted by molar-refractivity contribution is -0.140. The maximum absolute atomic E-state index is 12.8. The van der Waals surface area contributed by atoms with Gasteiger partial charge in [-0.2, -0.15) is 0 Å². The first-order valence-electron chi connectivity index (χ1n) is 10.8. The normalized spacial score (nSPS) is 26.8. The van der Waals surface area contributed by atoms with Gasteiger partial charge in [-0.3, -0.25) is 19.5 Å². The lowest BCUT2D eigenvalue weighted by atomic mass is 9.85. The predicted molar refractivity (Wildman–Crippen MR) is 125 cm³/mol. The van der Waals surface area contributed by atoms with Gasteiger partial charge in [-0.25, -0.2) is 0 Å². The average molecular weight is 526 g/mol. The quantitative estimate of drug-likeness (QED) is 0.129. The van der Waals surface area contributed by atoms with Gasteiger partial charge in [0.05, 0.1) is 18.1 Å². The molecule has 8 heteroatoms. The number of nitrogens with one attached hydrogen (secondary N) is 2. The average Bonchev–Trinajstić information content (AvgIpc) is 3.49. The summed E-state index contributed by atoms with van der Waals surface area (Å²) in [5.41, 5.74) is 0. The molecular formula is C22H31IN4O3. The van der Waals surface area contributed by atoms with Crippen LogP contribution in [0.25, 0.3) is 0 Å². The molecule has 2 bridgehead atoms. The number of guanidine groups is 1. The highest BCUT2D eigenvalue weighted by atomic mass is 127. The van der Waals surface area contributed by atoms with Crippen LogP contribution in [-0.4, -0.2) is 48.9 Å². The van der Waals surface area contributed by atoms with E-state index in [0.29, 0.717) is 25.6 Å². The molecule has 2 heterocycles. The number of unbranched alkanes of at least 4 members (excludes halogenated alkanes) is 1. The number of rotatable bonds is 9. The molecule has 1 aliphatic heterocycles. The van der Waals surface area contributed by atoms with E-state index in [2.05, 4.69) is 34.7 Å². The molecule has 2 fully saturated rings. The van der Waals surface area contributed by atoms with Gasteiger partial charge in [0.1, 0.15) is 5.76 Å². The maximum Gasteiger partial charge on any atom is 0.233 e. The van der Waals surface area contributed by atoms with Crippen LogP contribution in [-0.2, 0) is 16.0 Å². The standard InChI is InChI=1S/C22H30N4O3.HI/c1-2-3-9-23-22(24-10-8-17-5-4-13-29-17)25-11-12-26-20(27)18-15-6-7-16(14-15)19(18)21(26)28;/h4-7,13,15-16,18-19H,2-3,8-12,14H2,1H3,(H2,23,24,25);1H. The molecule has 4 rings (SSSR count). The lowest BCUT2D eigenvalue weighted by Gasteiger charge is -2.19. The van der Waals surface area contributed by atoms with E-state index in [1.165, 1.54) is 4.90 Å². The van der Waals surface area contributed by atoms with Crippen LogP contribution in [0.3, 0.4) is 0 Å². The molecule has 4 atom stereocenters. The van der Waals surface area contributed by atoms with Crippen molar-refractivity contribution in [1.82, 2.24) is 15.5 Å². The Morgan fingerprint density at radius 2 is 1.87 bits per heavy atom. The van der Waals surface area contributed by atoms with E-state index in [4.69, 9.17) is 4.42 Å². The van der Waals surface area contributed by atoms with Crippen molar-refractivity contribution in [3.63, 3.8) is 0 Å². The van der Waals surface area contributed by atoms with Crippen LogP contribution in [0.1, 0.15) is 31.9 Å². The van der Waals surface area contributed by atoms with Crippen LogP contribution in [0.4, 0.5) is 0 Å². The summed E-state index contributed by atoms with van der Waals surface area (Å²) in [7, 11) is 0. The number of halogens is 1. The van der Waals surface area contributed by atoms with E-state index in [1.54, 1.807) is 6.26 Å². The van der Waals surface area contributed by atoms with Gasteiger partial charge in [-0.1, -0.05) is 25.5 Å². The Hall–Kier alpha value is -1.84. The summed E-state index contributed by atoms with van der Waals surface area (Å²) in [6, 6.07) is 3.83. The van der Waals surface area contributed by atoms with Gasteiger partial charge < -0.3 is 15.1 Å². The number of imide groups is 1. The molecule has 1 saturated carbocycles. The molecule has 0 radical (unpaired) electrons. The molecule has 1 saturated heterocycles. The van der Waals surface area contributed by atoms with Crippen molar-refractivity contribution in [2.75, 3.05) is 26.2 Å². The Bertz CT molecular complexity index is 762. The molecule has 30 heavy (non-hydrogen) atoms. The fourth-order valence-electron chi connectivity index (χ4n) is 4.75. The summed E-state index contributed by atoms with van der Waals surface area (Å²) in [5, 5.41) is 6.59. The molecule has 1 aromatic heterocycles. The van der Waals surface area contributed by atoms with E-state index in [0.717, 1.165) is 38.0 Å². The highest BCUT2D eigenvalue weighted by molar-refractivity contribution is 14.0. The third-order valence-electron chi connectivity index (χ3n) is 6.22. The van der Waals surface area contributed by atoms with Gasteiger partial charge in [0.15, 0.2) is 5.96 Å². The van der Waals surface area contributed by atoms with Crippen LogP contribution in [0.5, 0.6) is 0 Å². The minimum absolute atomic E-state index is 0. The van der Waals surface area contributed by atoms with Crippen LogP contribution >= 0.6 is 24.0 Å². The zero-order valence-corrected chi connectivity index (χ0v) is 19.7. The molecule has 0 aromatic carbocycles. The number of aliphatic imine (C=N–C) groups is 1. The molecular weight excluding hydrogens is 495 g/mol. The highest BCUT2D eigenvalue weighted by Gasteiger charge is 2.58. The zero-order valence-electron chi connectivity index (χ0n) is 17.4. The number of likely N-dealkylation sites (tertiary alicyclic amines) is 1. The van der Waals surface area contributed by atoms with Gasteiger partial charge in [0.2, 0.25) is 11.8 Å². The topological polar surface area (TPSA) is 86.9 Å². The van der Waals surface area contributed by atoms with Gasteiger partial charge in [-0.15, -0.1) is 24.0 Å². The Morgan fingerprint density at radius 3 is 2.50 bits per heavy atom. The monoisotopic (exact) mass is 526 g/mol. The SMILES string of the molecule is CCCCN=C(NCCc1ccco1)NCCN1C(=O)C2C3C=CC(C3)C2C1=O.I. The Labute approximate surface area is 194 Å². The number of furan rings is 1. The molecule has 4 unspecified atom stereocenters. The van der Waals surface area contributed by atoms with E-state index < -0.39 is 0 Å². The van der Waals surface area contributed by atoms with Gasteiger partial charge in [0.25, 0.3) is 0 Å². The fraction of sp³-hybridized carbons (Fsp3) is 0.591. The van der Waals surface area contributed by atoms with E-state index in [9.17, 15) is 9.59 Å². The number of carbonyl (C=O) groups excluding carboxylic acids is 2. The number of carbonyl (C=O) groups is 2. The Morgan fingerprint density at radius 1 is 1.17 bits per heavy atom.